The van der Waals surface area contributed by atoms with Gasteiger partial charge in [-0.1, -0.05) is 41.6 Å². The first-order chi connectivity index (χ1) is 7.70. The summed E-state index contributed by atoms with van der Waals surface area (Å²) in [5.41, 5.74) is 1.21. The number of hydrogen-bond donors (Lipinski definition) is 1. The molecule has 5 heteroatoms. The van der Waals surface area contributed by atoms with E-state index < -0.39 is 0 Å². The molecular weight excluding hydrogens is 262 g/mol. The van der Waals surface area contributed by atoms with Crippen molar-refractivity contribution in [3.63, 3.8) is 0 Å². The van der Waals surface area contributed by atoms with Crippen LogP contribution in [0.5, 0.6) is 0 Å². The highest BCUT2D eigenvalue weighted by Gasteiger charge is 2.10. The maximum atomic E-state index is 9.03. The third kappa shape index (κ3) is 2.58. The van der Waals surface area contributed by atoms with E-state index in [0.717, 1.165) is 14.1 Å². The first-order valence-corrected chi connectivity index (χ1v) is 6.71. The van der Waals surface area contributed by atoms with Gasteiger partial charge in [0.05, 0.1) is 11.5 Å². The van der Waals surface area contributed by atoms with Crippen LogP contribution in [0.1, 0.15) is 10.4 Å². The van der Waals surface area contributed by atoms with E-state index in [4.69, 9.17) is 16.7 Å². The van der Waals surface area contributed by atoms with Gasteiger partial charge in [-0.3, -0.25) is 0 Å². The summed E-state index contributed by atoms with van der Waals surface area (Å²) in [4.78, 5) is 6.09. The maximum absolute atomic E-state index is 9.03. The molecule has 0 aliphatic heterocycles. The second kappa shape index (κ2) is 5.19. The van der Waals surface area contributed by atoms with Crippen LogP contribution in [-0.2, 0) is 6.61 Å². The second-order valence-corrected chi connectivity index (χ2v) is 5.95. The molecule has 1 N–H and O–H groups in total. The Hall–Kier alpha value is -0.550. The monoisotopic (exact) mass is 271 g/mol. The van der Waals surface area contributed by atoms with Crippen LogP contribution >= 0.6 is 34.7 Å². The molecule has 84 valence electrons. The molecule has 0 aliphatic rings. The fraction of sp³-hybridized carbons (Fsp3) is 0.182. The molecule has 0 unspecified atom stereocenters. The second-order valence-electron chi connectivity index (χ2n) is 3.22. The molecule has 2 rings (SSSR count). The number of benzene rings is 1. The molecule has 0 amide bonds. The summed E-state index contributed by atoms with van der Waals surface area (Å²) in [5.74, 6) is 0. The standard InChI is InChI=1S/C11H10ClNOS2/c1-7-4-2-3-5-8(7)15-11-13-10(12)9(6-14)16-11/h2-5,14H,6H2,1H3. The topological polar surface area (TPSA) is 33.1 Å². The van der Waals surface area contributed by atoms with Crippen LogP contribution in [0.15, 0.2) is 33.5 Å². The largest absolute Gasteiger partial charge is 0.391 e. The lowest BCUT2D eigenvalue weighted by atomic mass is 10.2. The SMILES string of the molecule is Cc1ccccc1Sc1nc(Cl)c(CO)s1. The first kappa shape index (κ1) is 11.9. The number of aryl methyl sites for hydroxylation is 1. The van der Waals surface area contributed by atoms with E-state index in [9.17, 15) is 0 Å². The Balaban J connectivity index is 2.24. The van der Waals surface area contributed by atoms with Crippen molar-refractivity contribution in [2.45, 2.75) is 22.8 Å². The van der Waals surface area contributed by atoms with Gasteiger partial charge >= 0.3 is 0 Å². The van der Waals surface area contributed by atoms with E-state index >= 15 is 0 Å². The minimum atomic E-state index is -0.0508. The van der Waals surface area contributed by atoms with Crippen LogP contribution in [0.2, 0.25) is 5.15 Å². The van der Waals surface area contributed by atoms with Gasteiger partial charge in [0.25, 0.3) is 0 Å². The number of halogens is 1. The fourth-order valence-corrected chi connectivity index (χ4v) is 3.56. The highest BCUT2D eigenvalue weighted by molar-refractivity contribution is 8.01. The van der Waals surface area contributed by atoms with Gasteiger partial charge in [-0.05, 0) is 18.6 Å². The molecule has 2 nitrogen and oxygen atoms in total. The number of aliphatic hydroxyl groups is 1. The van der Waals surface area contributed by atoms with Crippen molar-refractivity contribution in [3.8, 4) is 0 Å². The van der Waals surface area contributed by atoms with Gasteiger partial charge in [0.15, 0.2) is 4.34 Å². The van der Waals surface area contributed by atoms with Gasteiger partial charge in [0.2, 0.25) is 0 Å². The molecule has 0 saturated carbocycles. The van der Waals surface area contributed by atoms with Crippen LogP contribution in [-0.4, -0.2) is 10.1 Å². The van der Waals surface area contributed by atoms with Crippen molar-refractivity contribution in [2.24, 2.45) is 0 Å². The molecule has 0 saturated heterocycles. The Morgan fingerprint density at radius 2 is 2.19 bits per heavy atom. The molecule has 1 aromatic heterocycles. The molecule has 0 bridgehead atoms. The van der Waals surface area contributed by atoms with Crippen molar-refractivity contribution in [3.05, 3.63) is 39.9 Å². The highest BCUT2D eigenvalue weighted by Crippen LogP contribution is 2.35. The summed E-state index contributed by atoms with van der Waals surface area (Å²) in [6.07, 6.45) is 0. The summed E-state index contributed by atoms with van der Waals surface area (Å²) in [5, 5.41) is 9.44. The van der Waals surface area contributed by atoms with Gasteiger partial charge in [0.1, 0.15) is 5.15 Å². The van der Waals surface area contributed by atoms with Crippen LogP contribution < -0.4 is 0 Å². The summed E-state index contributed by atoms with van der Waals surface area (Å²) < 4.78 is 0.864. The molecule has 0 fully saturated rings. The molecule has 0 atom stereocenters. The minimum Gasteiger partial charge on any atom is -0.391 e. The fourth-order valence-electron chi connectivity index (χ4n) is 1.22. The predicted molar refractivity (Wildman–Crippen MR) is 68.3 cm³/mol. The molecule has 0 aliphatic carbocycles. The number of aromatic nitrogens is 1. The zero-order valence-electron chi connectivity index (χ0n) is 8.61. The van der Waals surface area contributed by atoms with E-state index in [1.165, 1.54) is 16.9 Å². The quantitative estimate of drug-likeness (QED) is 0.923. The minimum absolute atomic E-state index is 0.0508. The van der Waals surface area contributed by atoms with Crippen molar-refractivity contribution >= 4 is 34.7 Å². The number of rotatable bonds is 3. The molecule has 1 aromatic carbocycles. The third-order valence-corrected chi connectivity index (χ3v) is 4.77. The van der Waals surface area contributed by atoms with Gasteiger partial charge in [-0.15, -0.1) is 11.3 Å². The van der Waals surface area contributed by atoms with Crippen LogP contribution in [0.4, 0.5) is 0 Å². The number of hydrogen-bond acceptors (Lipinski definition) is 4. The zero-order chi connectivity index (χ0) is 11.5. The van der Waals surface area contributed by atoms with Gasteiger partial charge < -0.3 is 5.11 Å². The molecule has 16 heavy (non-hydrogen) atoms. The zero-order valence-corrected chi connectivity index (χ0v) is 11.0. The van der Waals surface area contributed by atoms with E-state index in [0.29, 0.717) is 5.15 Å². The molecule has 0 radical (unpaired) electrons. The summed E-state index contributed by atoms with van der Waals surface area (Å²) in [6.45, 7) is 2.01. The Kier molecular flexibility index (Phi) is 3.86. The van der Waals surface area contributed by atoms with Crippen molar-refractivity contribution in [1.82, 2.24) is 4.98 Å². The lowest BCUT2D eigenvalue weighted by Crippen LogP contribution is -1.77. The average molecular weight is 272 g/mol. The van der Waals surface area contributed by atoms with Crippen molar-refractivity contribution in [2.75, 3.05) is 0 Å². The third-order valence-electron chi connectivity index (χ3n) is 2.06. The maximum Gasteiger partial charge on any atom is 0.156 e. The number of aliphatic hydroxyl groups excluding tert-OH is 1. The van der Waals surface area contributed by atoms with E-state index in [-0.39, 0.29) is 6.61 Å². The molecule has 2 aromatic rings. The van der Waals surface area contributed by atoms with Crippen molar-refractivity contribution < 1.29 is 5.11 Å². The van der Waals surface area contributed by atoms with E-state index in [1.807, 2.05) is 18.2 Å². The Labute approximate surface area is 107 Å². The Morgan fingerprint density at radius 3 is 2.81 bits per heavy atom. The molecule has 1 heterocycles. The molecular formula is C11H10ClNOS2. The normalized spacial score (nSPS) is 10.7. The number of thiazole rings is 1. The lowest BCUT2D eigenvalue weighted by Gasteiger charge is -2.00. The molecule has 0 spiro atoms. The van der Waals surface area contributed by atoms with Crippen LogP contribution in [0.25, 0.3) is 0 Å². The first-order valence-electron chi connectivity index (χ1n) is 4.70. The van der Waals surface area contributed by atoms with Crippen LogP contribution in [0, 0.1) is 6.92 Å². The Bertz CT molecular complexity index is 498. The van der Waals surface area contributed by atoms with Gasteiger partial charge in [0, 0.05) is 4.90 Å². The van der Waals surface area contributed by atoms with Gasteiger partial charge in [-0.2, -0.15) is 0 Å². The van der Waals surface area contributed by atoms with Crippen LogP contribution in [0.3, 0.4) is 0 Å². The smallest absolute Gasteiger partial charge is 0.156 e. The predicted octanol–water partition coefficient (Wildman–Crippen LogP) is 3.75. The van der Waals surface area contributed by atoms with Crippen molar-refractivity contribution in [1.29, 1.82) is 0 Å². The lowest BCUT2D eigenvalue weighted by molar-refractivity contribution is 0.285. The summed E-state index contributed by atoms with van der Waals surface area (Å²) in [7, 11) is 0. The Morgan fingerprint density at radius 1 is 1.44 bits per heavy atom. The van der Waals surface area contributed by atoms with E-state index in [1.54, 1.807) is 11.8 Å². The number of nitrogens with zero attached hydrogens (tertiary/aromatic N) is 1. The average Bonchev–Trinajstić information content (AvgIpc) is 2.62. The summed E-state index contributed by atoms with van der Waals surface area (Å²) >= 11 is 8.89. The highest BCUT2D eigenvalue weighted by atomic mass is 35.5. The summed E-state index contributed by atoms with van der Waals surface area (Å²) in [6, 6.07) is 8.11. The van der Waals surface area contributed by atoms with E-state index in [2.05, 4.69) is 18.0 Å². The van der Waals surface area contributed by atoms with Gasteiger partial charge in [-0.25, -0.2) is 4.98 Å².